The Morgan fingerprint density at radius 2 is 1.80 bits per heavy atom. The summed E-state index contributed by atoms with van der Waals surface area (Å²) in [5.74, 6) is 0.994. The summed E-state index contributed by atoms with van der Waals surface area (Å²) in [6.45, 7) is 5.38. The number of nitrogens with zero attached hydrogens (tertiary/aromatic N) is 2. The Bertz CT molecular complexity index is 1440. The van der Waals surface area contributed by atoms with Crippen molar-refractivity contribution in [3.8, 4) is 16.9 Å². The van der Waals surface area contributed by atoms with Crippen LogP contribution >= 0.6 is 0 Å². The Labute approximate surface area is 205 Å². The van der Waals surface area contributed by atoms with Crippen molar-refractivity contribution in [2.24, 2.45) is 0 Å². The molecule has 0 saturated carbocycles. The van der Waals surface area contributed by atoms with Gasteiger partial charge in [-0.3, -0.25) is 4.79 Å². The summed E-state index contributed by atoms with van der Waals surface area (Å²) in [4.78, 5) is 15.0. The molecule has 1 spiro atoms. The summed E-state index contributed by atoms with van der Waals surface area (Å²) < 4.78 is 12.1. The maximum absolute atomic E-state index is 13.1. The third-order valence-corrected chi connectivity index (χ3v) is 7.25. The lowest BCUT2D eigenvalue weighted by Gasteiger charge is -2.42. The Balaban J connectivity index is 1.13. The number of rotatable bonds is 3. The number of aryl methyl sites for hydroxylation is 2. The number of fused-ring (bicyclic) bond motifs is 2. The van der Waals surface area contributed by atoms with Crippen molar-refractivity contribution >= 4 is 23.0 Å². The van der Waals surface area contributed by atoms with Gasteiger partial charge in [0.2, 0.25) is 5.91 Å². The molecule has 3 heterocycles. The number of carbonyl (C=O) groups excluding carboxylic acids is 1. The van der Waals surface area contributed by atoms with Crippen molar-refractivity contribution < 1.29 is 14.1 Å². The summed E-state index contributed by atoms with van der Waals surface area (Å²) in [5.41, 5.74) is 6.79. The van der Waals surface area contributed by atoms with Gasteiger partial charge < -0.3 is 14.2 Å². The number of hydrogen-bond acceptors (Lipinski definition) is 4. The van der Waals surface area contributed by atoms with Crippen LogP contribution in [0.15, 0.2) is 71.3 Å². The number of benzene rings is 3. The molecule has 6 rings (SSSR count). The second-order valence-corrected chi connectivity index (χ2v) is 9.76. The molecule has 2 aliphatic heterocycles. The minimum absolute atomic E-state index is 0.0851. The van der Waals surface area contributed by atoms with E-state index in [0.29, 0.717) is 18.8 Å². The first-order chi connectivity index (χ1) is 17.0. The molecule has 1 aromatic heterocycles. The molecule has 4 aromatic rings. The van der Waals surface area contributed by atoms with Crippen LogP contribution in [0, 0.1) is 13.8 Å². The molecule has 35 heavy (non-hydrogen) atoms. The van der Waals surface area contributed by atoms with Crippen LogP contribution in [0.25, 0.3) is 28.2 Å². The number of piperidine rings is 1. The van der Waals surface area contributed by atoms with Gasteiger partial charge in [-0.15, -0.1) is 0 Å². The summed E-state index contributed by atoms with van der Waals surface area (Å²) in [7, 11) is 0. The molecule has 2 aliphatic rings. The van der Waals surface area contributed by atoms with Gasteiger partial charge in [0.15, 0.2) is 5.58 Å². The van der Waals surface area contributed by atoms with Gasteiger partial charge in [0.05, 0.1) is 6.42 Å². The molecule has 0 unspecified atom stereocenters. The summed E-state index contributed by atoms with van der Waals surface area (Å²) >= 11 is 0. The average Bonchev–Trinajstić information content (AvgIpc) is 3.27. The highest BCUT2D eigenvalue weighted by Crippen LogP contribution is 2.39. The quantitative estimate of drug-likeness (QED) is 0.366. The summed E-state index contributed by atoms with van der Waals surface area (Å²) in [6, 6.07) is 20.9. The Kier molecular flexibility index (Phi) is 5.21. The zero-order valence-corrected chi connectivity index (χ0v) is 20.1. The van der Waals surface area contributed by atoms with Crippen LogP contribution in [-0.4, -0.2) is 34.7 Å². The summed E-state index contributed by atoms with van der Waals surface area (Å²) in [6.07, 6.45) is 6.15. The van der Waals surface area contributed by atoms with Crippen molar-refractivity contribution in [2.45, 2.75) is 38.7 Å². The van der Waals surface area contributed by atoms with Gasteiger partial charge >= 0.3 is 0 Å². The fourth-order valence-corrected chi connectivity index (χ4v) is 5.30. The minimum atomic E-state index is -0.354. The highest BCUT2D eigenvalue weighted by atomic mass is 16.5. The summed E-state index contributed by atoms with van der Waals surface area (Å²) in [5, 5.41) is 5.15. The van der Waals surface area contributed by atoms with E-state index < -0.39 is 0 Å². The number of carbonyl (C=O) groups is 1. The highest BCUT2D eigenvalue weighted by Gasteiger charge is 2.38. The molecule has 0 aliphatic carbocycles. The SMILES string of the molecule is Cc1cc(C)c2onc(CC(=O)N3CCC4(C=Cc5cc(-c6ccccc6)ccc5O4)CC3)c2c1. The van der Waals surface area contributed by atoms with Gasteiger partial charge in [-0.2, -0.15) is 0 Å². The lowest BCUT2D eigenvalue weighted by atomic mass is 9.87. The molecule has 0 bridgehead atoms. The van der Waals surface area contributed by atoms with E-state index in [0.717, 1.165) is 46.3 Å². The number of aromatic nitrogens is 1. The van der Waals surface area contributed by atoms with Crippen LogP contribution in [0.2, 0.25) is 0 Å². The molecule has 176 valence electrons. The second kappa shape index (κ2) is 8.42. The zero-order valence-electron chi connectivity index (χ0n) is 20.1. The second-order valence-electron chi connectivity index (χ2n) is 9.76. The van der Waals surface area contributed by atoms with Crippen molar-refractivity contribution in [1.82, 2.24) is 10.1 Å². The van der Waals surface area contributed by atoms with Crippen molar-refractivity contribution in [3.05, 3.63) is 89.1 Å². The molecule has 3 aromatic carbocycles. The Morgan fingerprint density at radius 3 is 2.60 bits per heavy atom. The van der Waals surface area contributed by atoms with E-state index in [1.165, 1.54) is 11.1 Å². The molecule has 0 atom stereocenters. The van der Waals surface area contributed by atoms with E-state index in [1.807, 2.05) is 30.9 Å². The largest absolute Gasteiger partial charge is 0.482 e. The molecule has 1 fully saturated rings. The van der Waals surface area contributed by atoms with E-state index in [1.54, 1.807) is 0 Å². The molecule has 1 saturated heterocycles. The normalized spacial score (nSPS) is 16.3. The number of amides is 1. The zero-order chi connectivity index (χ0) is 24.0. The van der Waals surface area contributed by atoms with E-state index in [2.05, 4.69) is 65.8 Å². The molecule has 0 radical (unpaired) electrons. The Hall–Kier alpha value is -3.86. The van der Waals surface area contributed by atoms with E-state index in [-0.39, 0.29) is 17.9 Å². The first-order valence-electron chi connectivity index (χ1n) is 12.2. The van der Waals surface area contributed by atoms with E-state index in [9.17, 15) is 4.79 Å². The maximum atomic E-state index is 13.1. The smallest absolute Gasteiger partial charge is 0.228 e. The van der Waals surface area contributed by atoms with E-state index >= 15 is 0 Å². The number of likely N-dealkylation sites (tertiary alicyclic amines) is 1. The standard InChI is InChI=1S/C30H28N2O3/c1-20-16-21(2)29-25(17-20)26(31-35-29)19-28(33)32-14-12-30(13-15-32)11-10-24-18-23(8-9-27(24)34-30)22-6-4-3-5-7-22/h3-11,16-18H,12-15,19H2,1-2H3. The van der Waals surface area contributed by atoms with Gasteiger partial charge in [0, 0.05) is 36.9 Å². The first kappa shape index (κ1) is 21.7. The minimum Gasteiger partial charge on any atom is -0.482 e. The average molecular weight is 465 g/mol. The highest BCUT2D eigenvalue weighted by molar-refractivity contribution is 5.88. The molecule has 5 nitrogen and oxygen atoms in total. The molecular formula is C30H28N2O3. The van der Waals surface area contributed by atoms with Gasteiger partial charge in [0.25, 0.3) is 0 Å². The van der Waals surface area contributed by atoms with Gasteiger partial charge in [-0.1, -0.05) is 53.7 Å². The van der Waals surface area contributed by atoms with Gasteiger partial charge in [0.1, 0.15) is 17.0 Å². The topological polar surface area (TPSA) is 55.6 Å². The van der Waals surface area contributed by atoms with Crippen molar-refractivity contribution in [1.29, 1.82) is 0 Å². The Morgan fingerprint density at radius 1 is 1.00 bits per heavy atom. The predicted octanol–water partition coefficient (Wildman–Crippen LogP) is 6.12. The van der Waals surface area contributed by atoms with Crippen LogP contribution in [0.4, 0.5) is 0 Å². The maximum Gasteiger partial charge on any atom is 0.228 e. The lowest BCUT2D eigenvalue weighted by molar-refractivity contribution is -0.133. The third kappa shape index (κ3) is 4.01. The monoisotopic (exact) mass is 464 g/mol. The fourth-order valence-electron chi connectivity index (χ4n) is 5.30. The van der Waals surface area contributed by atoms with Crippen molar-refractivity contribution in [2.75, 3.05) is 13.1 Å². The van der Waals surface area contributed by atoms with Crippen LogP contribution in [0.1, 0.15) is 35.2 Å². The van der Waals surface area contributed by atoms with Crippen molar-refractivity contribution in [3.63, 3.8) is 0 Å². The van der Waals surface area contributed by atoms with Crippen LogP contribution in [0.5, 0.6) is 5.75 Å². The van der Waals surface area contributed by atoms with Gasteiger partial charge in [-0.05, 0) is 60.4 Å². The van der Waals surface area contributed by atoms with Crippen LogP contribution in [-0.2, 0) is 11.2 Å². The molecule has 0 N–H and O–H groups in total. The number of hydrogen-bond donors (Lipinski definition) is 0. The molecular weight excluding hydrogens is 436 g/mol. The van der Waals surface area contributed by atoms with Crippen LogP contribution < -0.4 is 4.74 Å². The van der Waals surface area contributed by atoms with Gasteiger partial charge in [-0.25, -0.2) is 0 Å². The predicted molar refractivity (Wildman–Crippen MR) is 137 cm³/mol. The molecule has 1 amide bonds. The first-order valence-corrected chi connectivity index (χ1v) is 12.2. The molecule has 5 heteroatoms. The fraction of sp³-hybridized carbons (Fsp3) is 0.267. The third-order valence-electron chi connectivity index (χ3n) is 7.25. The van der Waals surface area contributed by atoms with Crippen LogP contribution in [0.3, 0.4) is 0 Å². The van der Waals surface area contributed by atoms with E-state index in [4.69, 9.17) is 9.26 Å². The number of ether oxygens (including phenoxy) is 1. The lowest BCUT2D eigenvalue weighted by Crippen LogP contribution is -2.49.